The molecule has 4 rings (SSSR count). The molecule has 114 valence electrons. The van der Waals surface area contributed by atoms with Crippen molar-refractivity contribution in [2.75, 3.05) is 23.4 Å². The molecule has 3 atom stereocenters. The quantitative estimate of drug-likeness (QED) is 0.571. The van der Waals surface area contributed by atoms with E-state index in [0.29, 0.717) is 17.8 Å². The molecule has 3 fully saturated rings. The minimum Gasteiger partial charge on any atom is -0.393 e. The van der Waals surface area contributed by atoms with E-state index < -0.39 is 0 Å². The first kappa shape index (κ1) is 13.3. The monoisotopic (exact) mass is 289 g/mol. The van der Waals surface area contributed by atoms with E-state index >= 15 is 0 Å². The van der Waals surface area contributed by atoms with E-state index in [2.05, 4.69) is 15.3 Å². The Bertz CT molecular complexity index is 559. The third kappa shape index (κ3) is 2.17. The third-order valence-corrected chi connectivity index (χ3v) is 5.34. The molecule has 1 aliphatic heterocycles. The standard InChI is InChI=1S/C15H23N5O/c1-8-13(19-16)17-14(9-2-3-9)18-15(8)20-6-10-4-5-12(21)11(10)7-20/h9-12,21H,2-7,16H2,1H3,(H,17,18,19). The highest BCUT2D eigenvalue weighted by Crippen LogP contribution is 2.43. The molecule has 2 heterocycles. The van der Waals surface area contributed by atoms with Crippen molar-refractivity contribution in [3.8, 4) is 0 Å². The lowest BCUT2D eigenvalue weighted by atomic mass is 10.00. The number of nitrogen functional groups attached to an aromatic ring is 1. The molecule has 0 radical (unpaired) electrons. The fourth-order valence-electron chi connectivity index (χ4n) is 3.90. The molecule has 0 amide bonds. The number of nitrogens with two attached hydrogens (primary N) is 1. The zero-order valence-electron chi connectivity index (χ0n) is 12.4. The normalized spacial score (nSPS) is 31.6. The molecule has 0 spiro atoms. The van der Waals surface area contributed by atoms with Crippen molar-refractivity contribution in [1.29, 1.82) is 0 Å². The summed E-state index contributed by atoms with van der Waals surface area (Å²) >= 11 is 0. The van der Waals surface area contributed by atoms with Crippen LogP contribution in [0.3, 0.4) is 0 Å². The minimum atomic E-state index is -0.142. The second-order valence-corrected chi connectivity index (χ2v) is 6.77. The predicted octanol–water partition coefficient (Wildman–Crippen LogP) is 1.16. The molecule has 0 aromatic carbocycles. The first-order valence-corrected chi connectivity index (χ1v) is 7.95. The summed E-state index contributed by atoms with van der Waals surface area (Å²) in [5.74, 6) is 9.79. The number of aromatic nitrogens is 2. The van der Waals surface area contributed by atoms with Crippen LogP contribution in [0.15, 0.2) is 0 Å². The van der Waals surface area contributed by atoms with Crippen LogP contribution in [0, 0.1) is 18.8 Å². The molecule has 1 saturated heterocycles. The Kier molecular flexibility index (Phi) is 3.04. The number of rotatable bonds is 3. The summed E-state index contributed by atoms with van der Waals surface area (Å²) in [6, 6.07) is 0. The molecule has 2 aliphatic carbocycles. The van der Waals surface area contributed by atoms with Gasteiger partial charge in [0, 0.05) is 30.5 Å². The highest BCUT2D eigenvalue weighted by atomic mass is 16.3. The molecule has 6 heteroatoms. The van der Waals surface area contributed by atoms with E-state index in [0.717, 1.165) is 49.0 Å². The van der Waals surface area contributed by atoms with Crippen LogP contribution in [-0.2, 0) is 0 Å². The molecule has 1 aromatic rings. The van der Waals surface area contributed by atoms with Crippen LogP contribution in [0.4, 0.5) is 11.6 Å². The largest absolute Gasteiger partial charge is 0.393 e. The lowest BCUT2D eigenvalue weighted by Gasteiger charge is -2.23. The average Bonchev–Trinajstić information content (AvgIpc) is 3.16. The van der Waals surface area contributed by atoms with Gasteiger partial charge in [-0.2, -0.15) is 0 Å². The Morgan fingerprint density at radius 1 is 1.19 bits per heavy atom. The maximum atomic E-state index is 10.1. The first-order valence-electron chi connectivity index (χ1n) is 7.95. The lowest BCUT2D eigenvalue weighted by Crippen LogP contribution is -2.27. The Hall–Kier alpha value is -1.40. The van der Waals surface area contributed by atoms with E-state index in [-0.39, 0.29) is 6.10 Å². The van der Waals surface area contributed by atoms with Crippen molar-refractivity contribution in [3.05, 3.63) is 11.4 Å². The predicted molar refractivity (Wildman–Crippen MR) is 81.0 cm³/mol. The van der Waals surface area contributed by atoms with Gasteiger partial charge in [-0.3, -0.25) is 0 Å². The van der Waals surface area contributed by atoms with Gasteiger partial charge in [-0.05, 0) is 38.5 Å². The Labute approximate surface area is 124 Å². The van der Waals surface area contributed by atoms with E-state index in [4.69, 9.17) is 10.8 Å². The van der Waals surface area contributed by atoms with Crippen LogP contribution in [-0.4, -0.2) is 34.3 Å². The number of nitrogens with zero attached hydrogens (tertiary/aromatic N) is 3. The van der Waals surface area contributed by atoms with Crippen LogP contribution in [0.2, 0.25) is 0 Å². The second kappa shape index (κ2) is 4.81. The number of hydrogen-bond acceptors (Lipinski definition) is 6. The number of nitrogens with one attached hydrogen (secondary N) is 1. The molecule has 2 saturated carbocycles. The molecule has 6 nitrogen and oxygen atoms in total. The van der Waals surface area contributed by atoms with Crippen molar-refractivity contribution in [3.63, 3.8) is 0 Å². The van der Waals surface area contributed by atoms with Gasteiger partial charge < -0.3 is 15.4 Å². The van der Waals surface area contributed by atoms with E-state index in [1.54, 1.807) is 0 Å². The second-order valence-electron chi connectivity index (χ2n) is 6.77. The summed E-state index contributed by atoms with van der Waals surface area (Å²) in [6.45, 7) is 3.91. The number of hydrazine groups is 1. The van der Waals surface area contributed by atoms with Crippen LogP contribution < -0.4 is 16.2 Å². The Morgan fingerprint density at radius 3 is 2.67 bits per heavy atom. The fourth-order valence-corrected chi connectivity index (χ4v) is 3.90. The van der Waals surface area contributed by atoms with Gasteiger partial charge in [0.15, 0.2) is 0 Å². The molecule has 3 unspecified atom stereocenters. The molecular weight excluding hydrogens is 266 g/mol. The third-order valence-electron chi connectivity index (χ3n) is 5.34. The van der Waals surface area contributed by atoms with Gasteiger partial charge in [0.25, 0.3) is 0 Å². The summed E-state index contributed by atoms with van der Waals surface area (Å²) in [4.78, 5) is 11.7. The summed E-state index contributed by atoms with van der Waals surface area (Å²) in [7, 11) is 0. The molecule has 3 aliphatic rings. The fraction of sp³-hybridized carbons (Fsp3) is 0.733. The van der Waals surface area contributed by atoms with Crippen LogP contribution in [0.25, 0.3) is 0 Å². The van der Waals surface area contributed by atoms with Gasteiger partial charge in [0.05, 0.1) is 6.10 Å². The zero-order chi connectivity index (χ0) is 14.6. The van der Waals surface area contributed by atoms with Gasteiger partial charge in [0.1, 0.15) is 17.5 Å². The van der Waals surface area contributed by atoms with Gasteiger partial charge >= 0.3 is 0 Å². The summed E-state index contributed by atoms with van der Waals surface area (Å²) < 4.78 is 0. The van der Waals surface area contributed by atoms with Crippen LogP contribution >= 0.6 is 0 Å². The van der Waals surface area contributed by atoms with E-state index in [1.165, 1.54) is 12.8 Å². The smallest absolute Gasteiger partial charge is 0.148 e. The average molecular weight is 289 g/mol. The lowest BCUT2D eigenvalue weighted by molar-refractivity contribution is 0.133. The highest BCUT2D eigenvalue weighted by molar-refractivity contribution is 5.59. The van der Waals surface area contributed by atoms with Gasteiger partial charge in [-0.1, -0.05) is 0 Å². The van der Waals surface area contributed by atoms with Crippen molar-refractivity contribution in [2.45, 2.75) is 44.6 Å². The van der Waals surface area contributed by atoms with Crippen molar-refractivity contribution in [1.82, 2.24) is 9.97 Å². The van der Waals surface area contributed by atoms with Crippen LogP contribution in [0.1, 0.15) is 43.0 Å². The minimum absolute atomic E-state index is 0.142. The van der Waals surface area contributed by atoms with Crippen LogP contribution in [0.5, 0.6) is 0 Å². The van der Waals surface area contributed by atoms with E-state index in [9.17, 15) is 5.11 Å². The first-order chi connectivity index (χ1) is 10.2. The SMILES string of the molecule is Cc1c(NN)nc(C2CC2)nc1N1CC2CCC(O)C2C1. The maximum absolute atomic E-state index is 10.1. The van der Waals surface area contributed by atoms with Gasteiger partial charge in [-0.15, -0.1) is 0 Å². The highest BCUT2D eigenvalue weighted by Gasteiger charge is 2.43. The number of aliphatic hydroxyl groups is 1. The Balaban J connectivity index is 1.66. The van der Waals surface area contributed by atoms with Crippen molar-refractivity contribution < 1.29 is 5.11 Å². The molecule has 1 aromatic heterocycles. The summed E-state index contributed by atoms with van der Waals surface area (Å²) in [6.07, 6.45) is 4.29. The Morgan fingerprint density at radius 2 is 2.00 bits per heavy atom. The molecule has 0 bridgehead atoms. The van der Waals surface area contributed by atoms with Gasteiger partial charge in [0.2, 0.25) is 0 Å². The molecular formula is C15H23N5O. The van der Waals surface area contributed by atoms with Crippen molar-refractivity contribution in [2.24, 2.45) is 17.7 Å². The maximum Gasteiger partial charge on any atom is 0.148 e. The number of anilines is 2. The molecule has 4 N–H and O–H groups in total. The molecule has 21 heavy (non-hydrogen) atoms. The van der Waals surface area contributed by atoms with Gasteiger partial charge in [-0.25, -0.2) is 15.8 Å². The summed E-state index contributed by atoms with van der Waals surface area (Å²) in [5, 5.41) is 10.1. The zero-order valence-corrected chi connectivity index (χ0v) is 12.4. The number of aliphatic hydroxyl groups excluding tert-OH is 1. The number of fused-ring (bicyclic) bond motifs is 1. The van der Waals surface area contributed by atoms with Crippen molar-refractivity contribution >= 4 is 11.6 Å². The summed E-state index contributed by atoms with van der Waals surface area (Å²) in [5.41, 5.74) is 3.72. The number of hydrogen-bond donors (Lipinski definition) is 3. The topological polar surface area (TPSA) is 87.3 Å². The van der Waals surface area contributed by atoms with E-state index in [1.807, 2.05) is 6.92 Å².